The van der Waals surface area contributed by atoms with Crippen molar-refractivity contribution in [3.8, 4) is 0 Å². The second-order valence-electron chi connectivity index (χ2n) is 10.1. The van der Waals surface area contributed by atoms with Crippen LogP contribution in [0.2, 0.25) is 0 Å². The molecule has 0 aromatic rings. The molecular formula is C34H46O13. The van der Waals surface area contributed by atoms with Crippen LogP contribution in [0.5, 0.6) is 0 Å². The molecule has 0 spiro atoms. The van der Waals surface area contributed by atoms with E-state index in [0.717, 1.165) is 0 Å². The van der Waals surface area contributed by atoms with Gasteiger partial charge in [-0.3, -0.25) is 0 Å². The molecule has 0 atom stereocenters. The van der Waals surface area contributed by atoms with Gasteiger partial charge in [0.15, 0.2) is 0 Å². The van der Waals surface area contributed by atoms with E-state index in [4.69, 9.17) is 33.2 Å². The maximum absolute atomic E-state index is 12.3. The third-order valence-corrected chi connectivity index (χ3v) is 5.76. The van der Waals surface area contributed by atoms with Crippen LogP contribution in [0, 0.1) is 10.8 Å². The molecule has 0 aromatic carbocycles. The predicted molar refractivity (Wildman–Crippen MR) is 170 cm³/mol. The van der Waals surface area contributed by atoms with E-state index in [-0.39, 0.29) is 13.2 Å². The largest absolute Gasteiger partial charge is 0.462 e. The van der Waals surface area contributed by atoms with E-state index in [1.165, 1.54) is 72.9 Å². The summed E-state index contributed by atoms with van der Waals surface area (Å²) in [6, 6.07) is 0. The van der Waals surface area contributed by atoms with Crippen LogP contribution >= 0.6 is 0 Å². The Morgan fingerprint density at radius 3 is 0.660 bits per heavy atom. The minimum absolute atomic E-state index is 0.363. The highest BCUT2D eigenvalue weighted by atomic mass is 16.6. The Balaban J connectivity index is 6.63. The zero-order valence-corrected chi connectivity index (χ0v) is 27.9. The van der Waals surface area contributed by atoms with Gasteiger partial charge in [-0.15, -0.1) is 0 Å². The zero-order chi connectivity index (χ0) is 35.6. The number of hydrogen-bond acceptors (Lipinski definition) is 13. The van der Waals surface area contributed by atoms with E-state index < -0.39 is 86.3 Å². The van der Waals surface area contributed by atoms with Crippen molar-refractivity contribution in [2.45, 2.75) is 41.5 Å². The van der Waals surface area contributed by atoms with Crippen molar-refractivity contribution in [1.82, 2.24) is 0 Å². The smallest absolute Gasteiger partial charge is 0.330 e. The molecule has 0 bridgehead atoms. The Hall–Kier alpha value is -4.78. The second kappa shape index (κ2) is 24.5. The lowest BCUT2D eigenvalue weighted by molar-refractivity contribution is -0.169. The summed E-state index contributed by atoms with van der Waals surface area (Å²) in [6.07, 6.45) is 15.8. The highest BCUT2D eigenvalue weighted by Crippen LogP contribution is 2.26. The molecule has 260 valence electrons. The SMILES string of the molecule is C/C=C/C(=O)OCC(COCC(COC(=O)/C=C/C)(COC(=O)/C=C/C)COC(=O)/C=C/C)(COC(=O)/C=C/C)COC(=O)/C=C/C. The molecule has 0 aliphatic rings. The monoisotopic (exact) mass is 662 g/mol. The van der Waals surface area contributed by atoms with Crippen LogP contribution in [0.4, 0.5) is 0 Å². The molecule has 0 N–H and O–H groups in total. The summed E-state index contributed by atoms with van der Waals surface area (Å²) in [5.41, 5.74) is -2.88. The molecule has 13 nitrogen and oxygen atoms in total. The molecule has 0 heterocycles. The molecular weight excluding hydrogens is 616 g/mol. The number of ether oxygens (including phenoxy) is 7. The maximum atomic E-state index is 12.3. The molecule has 0 saturated heterocycles. The van der Waals surface area contributed by atoms with Crippen LogP contribution in [0.25, 0.3) is 0 Å². The first-order valence-corrected chi connectivity index (χ1v) is 14.8. The molecule has 0 fully saturated rings. The molecule has 13 heteroatoms. The Morgan fingerprint density at radius 1 is 0.340 bits per heavy atom. The molecule has 0 rings (SSSR count). The standard InChI is InChI=1S/C34H46O13/c1-7-13-27(35)42-21-33(22-43-28(36)14-8-2,23-44-29(37)15-9-3)19-41-20-34(24-45-30(38)16-10-4,25-46-31(39)17-11-5)26-47-32(40)18-12-6/h7-18H,19-26H2,1-6H3/b13-7+,14-8+,15-9+,16-10+,17-11+,18-12+. The van der Waals surface area contributed by atoms with E-state index >= 15 is 0 Å². The number of carbonyl (C=O) groups is 6. The fourth-order valence-corrected chi connectivity index (χ4v) is 3.43. The lowest BCUT2D eigenvalue weighted by atomic mass is 9.90. The van der Waals surface area contributed by atoms with Gasteiger partial charge in [0.1, 0.15) is 39.6 Å². The molecule has 0 saturated carbocycles. The van der Waals surface area contributed by atoms with Gasteiger partial charge in [0, 0.05) is 36.5 Å². The van der Waals surface area contributed by atoms with Gasteiger partial charge in [-0.1, -0.05) is 36.5 Å². The number of esters is 6. The number of hydrogen-bond donors (Lipinski definition) is 0. The molecule has 0 aromatic heterocycles. The van der Waals surface area contributed by atoms with Crippen molar-refractivity contribution in [2.24, 2.45) is 10.8 Å². The van der Waals surface area contributed by atoms with Crippen LogP contribution in [0.3, 0.4) is 0 Å². The van der Waals surface area contributed by atoms with E-state index in [9.17, 15) is 28.8 Å². The first kappa shape index (κ1) is 42.2. The third kappa shape index (κ3) is 19.4. The van der Waals surface area contributed by atoms with Gasteiger partial charge in [0.2, 0.25) is 0 Å². The Labute approximate surface area is 275 Å². The van der Waals surface area contributed by atoms with Gasteiger partial charge in [0.25, 0.3) is 0 Å². The van der Waals surface area contributed by atoms with Crippen molar-refractivity contribution in [3.05, 3.63) is 72.9 Å². The Kier molecular flexibility index (Phi) is 22.0. The van der Waals surface area contributed by atoms with Crippen LogP contribution in [0.15, 0.2) is 72.9 Å². The van der Waals surface area contributed by atoms with E-state index in [1.54, 1.807) is 41.5 Å². The third-order valence-electron chi connectivity index (χ3n) is 5.76. The molecule has 47 heavy (non-hydrogen) atoms. The zero-order valence-electron chi connectivity index (χ0n) is 27.9. The lowest BCUT2D eigenvalue weighted by Gasteiger charge is -2.35. The molecule has 0 aliphatic carbocycles. The topological polar surface area (TPSA) is 167 Å². The number of carbonyl (C=O) groups excluding carboxylic acids is 6. The average molecular weight is 663 g/mol. The van der Waals surface area contributed by atoms with E-state index in [0.29, 0.717) is 0 Å². The summed E-state index contributed by atoms with van der Waals surface area (Å²) >= 11 is 0. The van der Waals surface area contributed by atoms with E-state index in [1.807, 2.05) is 0 Å². The molecule has 0 amide bonds. The minimum Gasteiger partial charge on any atom is -0.462 e. The normalized spacial score (nSPS) is 12.4. The number of rotatable bonds is 22. The van der Waals surface area contributed by atoms with Gasteiger partial charge in [-0.05, 0) is 41.5 Å². The quantitative estimate of drug-likeness (QED) is 0.0936. The van der Waals surface area contributed by atoms with Crippen molar-refractivity contribution in [1.29, 1.82) is 0 Å². The van der Waals surface area contributed by atoms with Gasteiger partial charge >= 0.3 is 35.8 Å². The van der Waals surface area contributed by atoms with Gasteiger partial charge in [-0.25, -0.2) is 28.8 Å². The second-order valence-corrected chi connectivity index (χ2v) is 10.1. The van der Waals surface area contributed by atoms with Gasteiger partial charge in [-0.2, -0.15) is 0 Å². The molecule has 0 unspecified atom stereocenters. The van der Waals surface area contributed by atoms with Gasteiger partial charge in [0.05, 0.1) is 24.0 Å². The van der Waals surface area contributed by atoms with Crippen LogP contribution in [-0.4, -0.2) is 88.7 Å². The van der Waals surface area contributed by atoms with Crippen molar-refractivity contribution in [3.63, 3.8) is 0 Å². The maximum Gasteiger partial charge on any atom is 0.330 e. The number of allylic oxidation sites excluding steroid dienone is 6. The molecule has 0 radical (unpaired) electrons. The summed E-state index contributed by atoms with van der Waals surface area (Å²) in [6.45, 7) is 6.46. The highest BCUT2D eigenvalue weighted by Gasteiger charge is 2.40. The summed E-state index contributed by atoms with van der Waals surface area (Å²) in [7, 11) is 0. The fourth-order valence-electron chi connectivity index (χ4n) is 3.43. The minimum atomic E-state index is -1.44. The van der Waals surface area contributed by atoms with Crippen molar-refractivity contribution < 1.29 is 61.9 Å². The molecule has 0 aliphatic heterocycles. The van der Waals surface area contributed by atoms with Crippen molar-refractivity contribution >= 4 is 35.8 Å². The first-order valence-electron chi connectivity index (χ1n) is 14.8. The highest BCUT2D eigenvalue weighted by molar-refractivity contribution is 5.84. The van der Waals surface area contributed by atoms with Crippen LogP contribution in [0.1, 0.15) is 41.5 Å². The van der Waals surface area contributed by atoms with E-state index in [2.05, 4.69) is 0 Å². The van der Waals surface area contributed by atoms with Crippen molar-refractivity contribution in [2.75, 3.05) is 52.9 Å². The lowest BCUT2D eigenvalue weighted by Crippen LogP contribution is -2.47. The van der Waals surface area contributed by atoms with Crippen LogP contribution < -0.4 is 0 Å². The Morgan fingerprint density at radius 2 is 0.511 bits per heavy atom. The summed E-state index contributed by atoms with van der Waals surface area (Å²) < 4.78 is 38.3. The summed E-state index contributed by atoms with van der Waals surface area (Å²) in [5, 5.41) is 0. The predicted octanol–water partition coefficient (Wildman–Crippen LogP) is 3.69. The fraction of sp³-hybridized carbons (Fsp3) is 0.471. The average Bonchev–Trinajstić information content (AvgIpc) is 3.03. The Bertz CT molecular complexity index is 974. The van der Waals surface area contributed by atoms with Crippen LogP contribution in [-0.2, 0) is 61.9 Å². The first-order chi connectivity index (χ1) is 22.4. The summed E-state index contributed by atoms with van der Waals surface area (Å²) in [5.74, 6) is -4.29. The summed E-state index contributed by atoms with van der Waals surface area (Å²) in [4.78, 5) is 73.6. The van der Waals surface area contributed by atoms with Gasteiger partial charge < -0.3 is 33.2 Å².